The van der Waals surface area contributed by atoms with Crippen molar-refractivity contribution in [2.75, 3.05) is 0 Å². The lowest BCUT2D eigenvalue weighted by Gasteiger charge is -2.23. The summed E-state index contributed by atoms with van der Waals surface area (Å²) in [6.07, 6.45) is 2.84. The van der Waals surface area contributed by atoms with Crippen LogP contribution in [0.1, 0.15) is 32.3 Å². The van der Waals surface area contributed by atoms with Gasteiger partial charge in [0, 0.05) is 6.04 Å². The highest BCUT2D eigenvalue weighted by molar-refractivity contribution is 6.31. The highest BCUT2D eigenvalue weighted by Crippen LogP contribution is 2.23. The van der Waals surface area contributed by atoms with Gasteiger partial charge >= 0.3 is 0 Å². The Labute approximate surface area is 107 Å². The van der Waals surface area contributed by atoms with Crippen LogP contribution < -0.4 is 11.3 Å². The Kier molecular flexibility index (Phi) is 5.89. The number of rotatable bonds is 6. The van der Waals surface area contributed by atoms with Crippen LogP contribution in [0.3, 0.4) is 0 Å². The van der Waals surface area contributed by atoms with Gasteiger partial charge in [-0.05, 0) is 30.4 Å². The Bertz CT molecular complexity index is 357. The van der Waals surface area contributed by atoms with Crippen molar-refractivity contribution in [2.45, 2.75) is 39.2 Å². The van der Waals surface area contributed by atoms with Crippen molar-refractivity contribution >= 4 is 11.6 Å². The Morgan fingerprint density at radius 2 is 2.18 bits per heavy atom. The molecule has 0 saturated heterocycles. The molecule has 1 rings (SSSR count). The number of nitrogens with one attached hydrogen (secondary N) is 1. The molecular formula is C13H20ClFN2. The first-order chi connectivity index (χ1) is 8.10. The van der Waals surface area contributed by atoms with E-state index in [2.05, 4.69) is 19.3 Å². The fourth-order valence-corrected chi connectivity index (χ4v) is 2.23. The Hall–Kier alpha value is -0.640. The Morgan fingerprint density at radius 3 is 2.76 bits per heavy atom. The number of hydrogen-bond donors (Lipinski definition) is 2. The van der Waals surface area contributed by atoms with E-state index in [0.29, 0.717) is 12.3 Å². The van der Waals surface area contributed by atoms with Gasteiger partial charge in [-0.25, -0.2) is 4.39 Å². The topological polar surface area (TPSA) is 38.0 Å². The molecular weight excluding hydrogens is 239 g/mol. The first-order valence-corrected chi connectivity index (χ1v) is 6.37. The van der Waals surface area contributed by atoms with Gasteiger partial charge in [-0.3, -0.25) is 11.3 Å². The molecule has 1 aromatic rings. The quantitative estimate of drug-likeness (QED) is 0.607. The summed E-state index contributed by atoms with van der Waals surface area (Å²) in [5, 5.41) is 0.205. The van der Waals surface area contributed by atoms with Crippen molar-refractivity contribution in [3.8, 4) is 0 Å². The lowest BCUT2D eigenvalue weighted by molar-refractivity contribution is 0.356. The van der Waals surface area contributed by atoms with Gasteiger partial charge in [0.15, 0.2) is 0 Å². The second kappa shape index (κ2) is 6.94. The Balaban J connectivity index is 2.77. The van der Waals surface area contributed by atoms with Crippen molar-refractivity contribution in [3.63, 3.8) is 0 Å². The van der Waals surface area contributed by atoms with Crippen LogP contribution in [0.5, 0.6) is 0 Å². The molecule has 3 N–H and O–H groups in total. The molecule has 4 heteroatoms. The molecule has 2 nitrogen and oxygen atoms in total. The molecule has 0 heterocycles. The number of nitrogens with two attached hydrogens (primary N) is 1. The van der Waals surface area contributed by atoms with E-state index in [-0.39, 0.29) is 16.9 Å². The zero-order valence-corrected chi connectivity index (χ0v) is 11.1. The van der Waals surface area contributed by atoms with Crippen LogP contribution in [0.4, 0.5) is 4.39 Å². The minimum Gasteiger partial charge on any atom is -0.271 e. The fraction of sp³-hybridized carbons (Fsp3) is 0.538. The van der Waals surface area contributed by atoms with Crippen molar-refractivity contribution in [1.29, 1.82) is 0 Å². The van der Waals surface area contributed by atoms with Gasteiger partial charge in [-0.2, -0.15) is 0 Å². The molecule has 2 unspecified atom stereocenters. The predicted octanol–water partition coefficient (Wildman–Crippen LogP) is 3.29. The summed E-state index contributed by atoms with van der Waals surface area (Å²) in [7, 11) is 0. The third kappa shape index (κ3) is 3.95. The van der Waals surface area contributed by atoms with Crippen molar-refractivity contribution < 1.29 is 4.39 Å². The molecule has 0 spiro atoms. The molecule has 96 valence electrons. The highest BCUT2D eigenvalue weighted by atomic mass is 35.5. The van der Waals surface area contributed by atoms with Gasteiger partial charge in [0.05, 0.1) is 5.02 Å². The lowest BCUT2D eigenvalue weighted by Crippen LogP contribution is -2.41. The SMILES string of the molecule is CCCC(C)C(Cc1cccc(F)c1Cl)NN. The van der Waals surface area contributed by atoms with Crippen LogP contribution in [-0.2, 0) is 6.42 Å². The molecule has 0 amide bonds. The van der Waals surface area contributed by atoms with E-state index in [9.17, 15) is 4.39 Å². The molecule has 0 saturated carbocycles. The van der Waals surface area contributed by atoms with Gasteiger partial charge in [0.25, 0.3) is 0 Å². The summed E-state index contributed by atoms with van der Waals surface area (Å²) in [6, 6.07) is 5.00. The summed E-state index contributed by atoms with van der Waals surface area (Å²) < 4.78 is 13.3. The number of halogens is 2. The normalized spacial score (nSPS) is 14.6. The zero-order chi connectivity index (χ0) is 12.8. The monoisotopic (exact) mass is 258 g/mol. The van der Waals surface area contributed by atoms with Crippen LogP contribution in [0.2, 0.25) is 5.02 Å². The van der Waals surface area contributed by atoms with E-state index in [1.54, 1.807) is 6.07 Å². The summed E-state index contributed by atoms with van der Waals surface area (Å²) in [6.45, 7) is 4.28. The maximum atomic E-state index is 13.3. The van der Waals surface area contributed by atoms with Gasteiger partial charge in [-0.15, -0.1) is 0 Å². The van der Waals surface area contributed by atoms with E-state index < -0.39 is 0 Å². The largest absolute Gasteiger partial charge is 0.271 e. The standard InChI is InChI=1S/C13H20ClFN2/c1-3-5-9(2)12(17-16)8-10-6-4-7-11(15)13(10)14/h4,6-7,9,12,17H,3,5,8,16H2,1-2H3. The van der Waals surface area contributed by atoms with E-state index in [1.165, 1.54) is 6.07 Å². The Morgan fingerprint density at radius 1 is 1.47 bits per heavy atom. The number of benzene rings is 1. The van der Waals surface area contributed by atoms with E-state index >= 15 is 0 Å². The fourth-order valence-electron chi connectivity index (χ4n) is 2.02. The van der Waals surface area contributed by atoms with Gasteiger partial charge in [0.2, 0.25) is 0 Å². The van der Waals surface area contributed by atoms with Crippen LogP contribution in [0.25, 0.3) is 0 Å². The van der Waals surface area contributed by atoms with Gasteiger partial charge < -0.3 is 0 Å². The minimum absolute atomic E-state index is 0.120. The number of hydrogen-bond acceptors (Lipinski definition) is 2. The van der Waals surface area contributed by atoms with Crippen LogP contribution in [-0.4, -0.2) is 6.04 Å². The van der Waals surface area contributed by atoms with Crippen molar-refractivity contribution in [3.05, 3.63) is 34.6 Å². The van der Waals surface area contributed by atoms with E-state index in [0.717, 1.165) is 18.4 Å². The summed E-state index contributed by atoms with van der Waals surface area (Å²) in [4.78, 5) is 0. The van der Waals surface area contributed by atoms with E-state index in [4.69, 9.17) is 17.4 Å². The predicted molar refractivity (Wildman–Crippen MR) is 70.3 cm³/mol. The van der Waals surface area contributed by atoms with Crippen LogP contribution in [0, 0.1) is 11.7 Å². The third-order valence-electron chi connectivity index (χ3n) is 3.12. The first kappa shape index (κ1) is 14.4. The minimum atomic E-state index is -0.372. The van der Waals surface area contributed by atoms with Crippen LogP contribution in [0.15, 0.2) is 18.2 Å². The summed E-state index contributed by atoms with van der Waals surface area (Å²) in [5.74, 6) is 5.62. The lowest BCUT2D eigenvalue weighted by atomic mass is 9.92. The molecule has 0 aliphatic heterocycles. The molecule has 0 fully saturated rings. The number of hydrazine groups is 1. The first-order valence-electron chi connectivity index (χ1n) is 5.99. The zero-order valence-electron chi connectivity index (χ0n) is 10.3. The second-order valence-corrected chi connectivity index (χ2v) is 4.83. The highest BCUT2D eigenvalue weighted by Gasteiger charge is 2.17. The van der Waals surface area contributed by atoms with Gasteiger partial charge in [0.1, 0.15) is 5.82 Å². The summed E-state index contributed by atoms with van der Waals surface area (Å²) in [5.41, 5.74) is 3.60. The maximum absolute atomic E-state index is 13.3. The molecule has 17 heavy (non-hydrogen) atoms. The maximum Gasteiger partial charge on any atom is 0.142 e. The summed E-state index contributed by atoms with van der Waals surface area (Å²) >= 11 is 5.93. The molecule has 1 aromatic carbocycles. The second-order valence-electron chi connectivity index (χ2n) is 4.46. The average molecular weight is 259 g/mol. The van der Waals surface area contributed by atoms with E-state index in [1.807, 2.05) is 6.07 Å². The van der Waals surface area contributed by atoms with Crippen LogP contribution >= 0.6 is 11.6 Å². The molecule has 0 radical (unpaired) electrons. The molecule has 2 atom stereocenters. The van der Waals surface area contributed by atoms with Gasteiger partial charge in [-0.1, -0.05) is 44.0 Å². The third-order valence-corrected chi connectivity index (χ3v) is 3.54. The molecule has 0 aliphatic carbocycles. The average Bonchev–Trinajstić information content (AvgIpc) is 2.31. The van der Waals surface area contributed by atoms with Crippen molar-refractivity contribution in [2.24, 2.45) is 11.8 Å². The van der Waals surface area contributed by atoms with Crippen molar-refractivity contribution in [1.82, 2.24) is 5.43 Å². The molecule has 0 bridgehead atoms. The molecule has 0 aromatic heterocycles. The smallest absolute Gasteiger partial charge is 0.142 e. The molecule has 0 aliphatic rings.